The van der Waals surface area contributed by atoms with E-state index in [4.69, 9.17) is 5.11 Å². The predicted molar refractivity (Wildman–Crippen MR) is 67.3 cm³/mol. The van der Waals surface area contributed by atoms with Gasteiger partial charge in [0.1, 0.15) is 5.56 Å². The molecule has 0 bridgehead atoms. The highest BCUT2D eigenvalue weighted by Gasteiger charge is 2.28. The zero-order chi connectivity index (χ0) is 14.7. The standard InChI is InChI=1S/C12H14FN3O4/c1-20-12(19)15-7-3-5-16(6-7)10-9(13)8(11(17)18)2-4-14-10/h2,4,7H,3,5-6H2,1H3,(H,15,19)(H,17,18). The quantitative estimate of drug-likeness (QED) is 0.854. The molecule has 0 aliphatic carbocycles. The van der Waals surface area contributed by atoms with Crippen LogP contribution in [-0.2, 0) is 4.74 Å². The number of halogens is 1. The summed E-state index contributed by atoms with van der Waals surface area (Å²) < 4.78 is 18.5. The van der Waals surface area contributed by atoms with Crippen molar-refractivity contribution < 1.29 is 23.8 Å². The van der Waals surface area contributed by atoms with E-state index in [1.807, 2.05) is 0 Å². The summed E-state index contributed by atoms with van der Waals surface area (Å²) in [6, 6.07) is 0.929. The Labute approximate surface area is 114 Å². The lowest BCUT2D eigenvalue weighted by Gasteiger charge is -2.18. The van der Waals surface area contributed by atoms with E-state index in [1.165, 1.54) is 13.3 Å². The SMILES string of the molecule is COC(=O)NC1CCN(c2nccc(C(=O)O)c2F)C1. The molecule has 2 rings (SSSR count). The average Bonchev–Trinajstić information content (AvgIpc) is 2.86. The molecule has 1 aromatic heterocycles. The molecule has 1 amide bonds. The van der Waals surface area contributed by atoms with Crippen molar-refractivity contribution in [2.24, 2.45) is 0 Å². The monoisotopic (exact) mass is 283 g/mol. The van der Waals surface area contributed by atoms with Crippen molar-refractivity contribution in [2.45, 2.75) is 12.5 Å². The molecule has 0 radical (unpaired) electrons. The number of aromatic nitrogens is 1. The van der Waals surface area contributed by atoms with Crippen LogP contribution in [-0.4, -0.2) is 48.4 Å². The van der Waals surface area contributed by atoms with E-state index in [1.54, 1.807) is 4.90 Å². The molecule has 2 heterocycles. The lowest BCUT2D eigenvalue weighted by molar-refractivity contribution is 0.0691. The van der Waals surface area contributed by atoms with E-state index in [2.05, 4.69) is 15.0 Å². The second kappa shape index (κ2) is 5.72. The van der Waals surface area contributed by atoms with Crippen LogP contribution < -0.4 is 10.2 Å². The van der Waals surface area contributed by atoms with E-state index < -0.39 is 23.4 Å². The number of nitrogens with zero attached hydrogens (tertiary/aromatic N) is 2. The number of hydrogen-bond acceptors (Lipinski definition) is 5. The first-order chi connectivity index (χ1) is 9.52. The van der Waals surface area contributed by atoms with E-state index in [9.17, 15) is 14.0 Å². The number of amides is 1. The maximum Gasteiger partial charge on any atom is 0.407 e. The van der Waals surface area contributed by atoms with Crippen LogP contribution in [0.2, 0.25) is 0 Å². The van der Waals surface area contributed by atoms with Crippen molar-refractivity contribution in [3.8, 4) is 0 Å². The molecule has 1 fully saturated rings. The highest BCUT2D eigenvalue weighted by molar-refractivity contribution is 5.88. The number of pyridine rings is 1. The number of hydrogen-bond donors (Lipinski definition) is 2. The largest absolute Gasteiger partial charge is 0.478 e. The Morgan fingerprint density at radius 3 is 3.00 bits per heavy atom. The lowest BCUT2D eigenvalue weighted by Crippen LogP contribution is -2.37. The molecule has 1 aliphatic rings. The summed E-state index contributed by atoms with van der Waals surface area (Å²) in [6.07, 6.45) is 1.31. The normalized spacial score (nSPS) is 17.9. The van der Waals surface area contributed by atoms with Crippen molar-refractivity contribution in [3.05, 3.63) is 23.6 Å². The Morgan fingerprint density at radius 2 is 2.35 bits per heavy atom. The molecule has 108 valence electrons. The van der Waals surface area contributed by atoms with Crippen LogP contribution in [0.1, 0.15) is 16.8 Å². The number of ether oxygens (including phenoxy) is 1. The van der Waals surface area contributed by atoms with E-state index in [0.29, 0.717) is 19.5 Å². The number of carbonyl (C=O) groups is 2. The molecule has 1 atom stereocenters. The summed E-state index contributed by atoms with van der Waals surface area (Å²) in [5.41, 5.74) is -0.417. The molecule has 1 aromatic rings. The molecule has 0 spiro atoms. The third kappa shape index (κ3) is 2.79. The Morgan fingerprint density at radius 1 is 1.60 bits per heavy atom. The minimum atomic E-state index is -1.34. The summed E-state index contributed by atoms with van der Waals surface area (Å²) in [5, 5.41) is 11.5. The van der Waals surface area contributed by atoms with Gasteiger partial charge in [0.25, 0.3) is 0 Å². The maximum absolute atomic E-state index is 14.0. The maximum atomic E-state index is 14.0. The molecule has 7 nitrogen and oxygen atoms in total. The van der Waals surface area contributed by atoms with Gasteiger partial charge in [0.05, 0.1) is 13.2 Å². The predicted octanol–water partition coefficient (Wildman–Crippen LogP) is 0.854. The summed E-state index contributed by atoms with van der Waals surface area (Å²) in [7, 11) is 1.26. The van der Waals surface area contributed by atoms with Crippen LogP contribution in [0.15, 0.2) is 12.3 Å². The van der Waals surface area contributed by atoms with Gasteiger partial charge in [-0.25, -0.2) is 19.0 Å². The van der Waals surface area contributed by atoms with Crippen LogP contribution in [0.4, 0.5) is 15.0 Å². The summed E-state index contributed by atoms with van der Waals surface area (Å²) >= 11 is 0. The van der Waals surface area contributed by atoms with Crippen LogP contribution >= 0.6 is 0 Å². The van der Waals surface area contributed by atoms with Gasteiger partial charge in [-0.15, -0.1) is 0 Å². The number of methoxy groups -OCH3 is 1. The van der Waals surface area contributed by atoms with Gasteiger partial charge < -0.3 is 20.1 Å². The van der Waals surface area contributed by atoms with Crippen LogP contribution in [0.5, 0.6) is 0 Å². The second-order valence-electron chi connectivity index (χ2n) is 4.37. The van der Waals surface area contributed by atoms with Gasteiger partial charge >= 0.3 is 12.1 Å². The van der Waals surface area contributed by atoms with Crippen molar-refractivity contribution in [1.29, 1.82) is 0 Å². The van der Waals surface area contributed by atoms with E-state index in [0.717, 1.165) is 6.07 Å². The zero-order valence-electron chi connectivity index (χ0n) is 10.8. The Kier molecular flexibility index (Phi) is 4.02. The average molecular weight is 283 g/mol. The van der Waals surface area contributed by atoms with Gasteiger partial charge in [-0.3, -0.25) is 0 Å². The van der Waals surface area contributed by atoms with Gasteiger partial charge in [-0.2, -0.15) is 0 Å². The number of carbonyl (C=O) groups excluding carboxylic acids is 1. The number of anilines is 1. The molecule has 0 aromatic carbocycles. The Bertz CT molecular complexity index is 537. The molecule has 1 aliphatic heterocycles. The topological polar surface area (TPSA) is 91.8 Å². The van der Waals surface area contributed by atoms with Crippen molar-refractivity contribution in [3.63, 3.8) is 0 Å². The highest BCUT2D eigenvalue weighted by Crippen LogP contribution is 2.23. The molecular formula is C12H14FN3O4. The third-order valence-electron chi connectivity index (χ3n) is 3.10. The fourth-order valence-corrected chi connectivity index (χ4v) is 2.11. The number of rotatable bonds is 3. The summed E-state index contributed by atoms with van der Waals surface area (Å²) in [6.45, 7) is 0.823. The van der Waals surface area contributed by atoms with Crippen LogP contribution in [0.25, 0.3) is 0 Å². The van der Waals surface area contributed by atoms with Gasteiger partial charge in [-0.1, -0.05) is 0 Å². The first-order valence-electron chi connectivity index (χ1n) is 6.00. The zero-order valence-corrected chi connectivity index (χ0v) is 10.8. The van der Waals surface area contributed by atoms with Gasteiger partial charge in [-0.05, 0) is 12.5 Å². The summed E-state index contributed by atoms with van der Waals surface area (Å²) in [5.74, 6) is -2.22. The first kappa shape index (κ1) is 14.0. The first-order valence-corrected chi connectivity index (χ1v) is 6.00. The van der Waals surface area contributed by atoms with Crippen molar-refractivity contribution in [1.82, 2.24) is 10.3 Å². The van der Waals surface area contributed by atoms with E-state index in [-0.39, 0.29) is 11.9 Å². The number of aromatic carboxylic acids is 1. The molecule has 1 saturated heterocycles. The number of alkyl carbamates (subject to hydrolysis) is 1. The highest BCUT2D eigenvalue weighted by atomic mass is 19.1. The number of carboxylic acids is 1. The van der Waals surface area contributed by atoms with Crippen LogP contribution in [0.3, 0.4) is 0 Å². The fraction of sp³-hybridized carbons (Fsp3) is 0.417. The second-order valence-corrected chi connectivity index (χ2v) is 4.37. The molecular weight excluding hydrogens is 269 g/mol. The molecule has 8 heteroatoms. The molecule has 20 heavy (non-hydrogen) atoms. The molecule has 1 unspecified atom stereocenters. The van der Waals surface area contributed by atoms with Crippen LogP contribution in [0, 0.1) is 5.82 Å². The Hall–Kier alpha value is -2.38. The Balaban J connectivity index is 2.12. The minimum absolute atomic E-state index is 0.0148. The smallest absolute Gasteiger partial charge is 0.407 e. The lowest BCUT2D eigenvalue weighted by atomic mass is 10.2. The van der Waals surface area contributed by atoms with Gasteiger partial charge in [0.2, 0.25) is 0 Å². The molecule has 0 saturated carbocycles. The van der Waals surface area contributed by atoms with E-state index >= 15 is 0 Å². The molecule has 2 N–H and O–H groups in total. The van der Waals surface area contributed by atoms with Crippen molar-refractivity contribution in [2.75, 3.05) is 25.1 Å². The summed E-state index contributed by atoms with van der Waals surface area (Å²) in [4.78, 5) is 27.5. The van der Waals surface area contributed by atoms with Gasteiger partial charge in [0.15, 0.2) is 11.6 Å². The number of nitrogens with one attached hydrogen (secondary N) is 1. The fourth-order valence-electron chi connectivity index (χ4n) is 2.11. The minimum Gasteiger partial charge on any atom is -0.478 e. The van der Waals surface area contributed by atoms with Gasteiger partial charge in [0, 0.05) is 19.3 Å². The third-order valence-corrected chi connectivity index (χ3v) is 3.10. The number of carboxylic acid groups (broad SMARTS) is 1. The van der Waals surface area contributed by atoms with Crippen molar-refractivity contribution >= 4 is 17.9 Å².